The summed E-state index contributed by atoms with van der Waals surface area (Å²) < 4.78 is 0. The first kappa shape index (κ1) is 12.0. The average molecular weight is 240 g/mol. The van der Waals surface area contributed by atoms with Crippen LogP contribution in [-0.2, 0) is 6.54 Å². The van der Waals surface area contributed by atoms with E-state index in [4.69, 9.17) is 5.11 Å². The minimum absolute atomic E-state index is 0.282. The summed E-state index contributed by atoms with van der Waals surface area (Å²) in [4.78, 5) is 4.87. The van der Waals surface area contributed by atoms with E-state index < -0.39 is 0 Å². The van der Waals surface area contributed by atoms with Crippen LogP contribution in [0, 0.1) is 0 Å². The lowest BCUT2D eigenvalue weighted by Crippen LogP contribution is -2.32. The summed E-state index contributed by atoms with van der Waals surface area (Å²) in [7, 11) is 0. The molecule has 0 spiro atoms. The van der Waals surface area contributed by atoms with Crippen LogP contribution in [0.2, 0.25) is 0 Å². The largest absolute Gasteiger partial charge is 0.395 e. The van der Waals surface area contributed by atoms with Gasteiger partial charge in [0, 0.05) is 26.2 Å². The van der Waals surface area contributed by atoms with Gasteiger partial charge in [-0.2, -0.15) is 11.3 Å². The lowest BCUT2D eigenvalue weighted by Gasteiger charge is -2.20. The van der Waals surface area contributed by atoms with E-state index in [9.17, 15) is 0 Å². The second-order valence-corrected chi connectivity index (χ2v) is 5.11. The number of aliphatic hydroxyl groups is 1. The topological polar surface area (TPSA) is 26.7 Å². The molecule has 90 valence electrons. The van der Waals surface area contributed by atoms with Crippen molar-refractivity contribution in [2.24, 2.45) is 0 Å². The summed E-state index contributed by atoms with van der Waals surface area (Å²) >= 11 is 1.77. The molecule has 0 atom stereocenters. The standard InChI is InChI=1S/C12H20N2OS/c15-8-7-13-3-1-4-14(6-5-13)10-12-2-9-16-11-12/h2,9,11,15H,1,3-8,10H2. The van der Waals surface area contributed by atoms with E-state index in [1.807, 2.05) is 0 Å². The molecule has 0 aliphatic carbocycles. The van der Waals surface area contributed by atoms with Crippen LogP contribution in [0.15, 0.2) is 16.8 Å². The molecule has 0 amide bonds. The second-order valence-electron chi connectivity index (χ2n) is 4.33. The van der Waals surface area contributed by atoms with Gasteiger partial charge in [0.05, 0.1) is 6.61 Å². The zero-order valence-corrected chi connectivity index (χ0v) is 10.5. The number of thiophene rings is 1. The van der Waals surface area contributed by atoms with Crippen molar-refractivity contribution in [1.82, 2.24) is 9.80 Å². The van der Waals surface area contributed by atoms with Crippen molar-refractivity contribution < 1.29 is 5.11 Å². The molecule has 0 unspecified atom stereocenters. The van der Waals surface area contributed by atoms with Gasteiger partial charge in [-0.25, -0.2) is 0 Å². The van der Waals surface area contributed by atoms with Gasteiger partial charge < -0.3 is 5.11 Å². The zero-order chi connectivity index (χ0) is 11.2. The van der Waals surface area contributed by atoms with Crippen LogP contribution in [0.4, 0.5) is 0 Å². The van der Waals surface area contributed by atoms with Gasteiger partial charge in [0.2, 0.25) is 0 Å². The highest BCUT2D eigenvalue weighted by Crippen LogP contribution is 2.11. The lowest BCUT2D eigenvalue weighted by molar-refractivity contribution is 0.196. The summed E-state index contributed by atoms with van der Waals surface area (Å²) in [5, 5.41) is 13.3. The molecule has 3 nitrogen and oxygen atoms in total. The van der Waals surface area contributed by atoms with Crippen molar-refractivity contribution in [1.29, 1.82) is 0 Å². The van der Waals surface area contributed by atoms with Crippen molar-refractivity contribution in [2.75, 3.05) is 39.3 Å². The molecule has 1 aliphatic heterocycles. The van der Waals surface area contributed by atoms with Crippen LogP contribution >= 0.6 is 11.3 Å². The van der Waals surface area contributed by atoms with Gasteiger partial charge in [-0.05, 0) is 41.9 Å². The average Bonchev–Trinajstić information content (AvgIpc) is 2.68. The Labute approximate surface area is 101 Å². The molecular formula is C12H20N2OS. The van der Waals surface area contributed by atoms with Gasteiger partial charge in [-0.3, -0.25) is 9.80 Å². The van der Waals surface area contributed by atoms with Crippen LogP contribution in [0.3, 0.4) is 0 Å². The van der Waals surface area contributed by atoms with Gasteiger partial charge in [-0.1, -0.05) is 0 Å². The molecule has 0 aromatic carbocycles. The SMILES string of the molecule is OCCN1CCCN(Cc2ccsc2)CC1. The molecule has 4 heteroatoms. The Morgan fingerprint density at radius 2 is 2.00 bits per heavy atom. The first-order chi connectivity index (χ1) is 7.88. The summed E-state index contributed by atoms with van der Waals surface area (Å²) in [6, 6.07) is 2.21. The minimum Gasteiger partial charge on any atom is -0.395 e. The fourth-order valence-electron chi connectivity index (χ4n) is 2.19. The van der Waals surface area contributed by atoms with Gasteiger partial charge >= 0.3 is 0 Å². The molecule has 1 fully saturated rings. The Hall–Kier alpha value is -0.420. The summed E-state index contributed by atoms with van der Waals surface area (Å²) in [5.41, 5.74) is 1.43. The number of rotatable bonds is 4. The van der Waals surface area contributed by atoms with Crippen LogP contribution < -0.4 is 0 Å². The Morgan fingerprint density at radius 3 is 2.75 bits per heavy atom. The van der Waals surface area contributed by atoms with Gasteiger partial charge in [0.25, 0.3) is 0 Å². The van der Waals surface area contributed by atoms with Gasteiger partial charge in [-0.15, -0.1) is 0 Å². The molecule has 2 rings (SSSR count). The Kier molecular flexibility index (Phi) is 4.78. The molecule has 2 heterocycles. The van der Waals surface area contributed by atoms with E-state index in [0.717, 1.165) is 32.7 Å². The normalized spacial score (nSPS) is 19.8. The number of aliphatic hydroxyl groups excluding tert-OH is 1. The first-order valence-corrected chi connectivity index (χ1v) is 6.89. The number of β-amino-alcohol motifs (C(OH)–C–C–N with tert-alkyl or cyclic N) is 1. The third-order valence-corrected chi connectivity index (χ3v) is 3.82. The maximum Gasteiger partial charge on any atom is 0.0558 e. The molecule has 1 aromatic heterocycles. The molecule has 1 aliphatic rings. The van der Waals surface area contributed by atoms with Crippen LogP contribution in [-0.4, -0.2) is 54.2 Å². The third kappa shape index (κ3) is 3.56. The number of hydrogen-bond acceptors (Lipinski definition) is 4. The first-order valence-electron chi connectivity index (χ1n) is 5.95. The number of hydrogen-bond donors (Lipinski definition) is 1. The molecule has 1 saturated heterocycles. The molecule has 0 bridgehead atoms. The molecule has 1 N–H and O–H groups in total. The summed E-state index contributed by atoms with van der Waals surface area (Å²) in [6.45, 7) is 6.70. The van der Waals surface area contributed by atoms with Crippen molar-refractivity contribution >= 4 is 11.3 Å². The van der Waals surface area contributed by atoms with E-state index in [0.29, 0.717) is 0 Å². The highest BCUT2D eigenvalue weighted by atomic mass is 32.1. The van der Waals surface area contributed by atoms with Gasteiger partial charge in [0.1, 0.15) is 0 Å². The van der Waals surface area contributed by atoms with Crippen LogP contribution in [0.25, 0.3) is 0 Å². The zero-order valence-electron chi connectivity index (χ0n) is 9.64. The highest BCUT2D eigenvalue weighted by Gasteiger charge is 2.14. The van der Waals surface area contributed by atoms with E-state index in [1.54, 1.807) is 11.3 Å². The summed E-state index contributed by atoms with van der Waals surface area (Å²) in [6.07, 6.45) is 1.21. The molecule has 0 radical (unpaired) electrons. The molecular weight excluding hydrogens is 220 g/mol. The minimum atomic E-state index is 0.282. The predicted octanol–water partition coefficient (Wildman–Crippen LogP) is 1.25. The predicted molar refractivity (Wildman–Crippen MR) is 67.7 cm³/mol. The van der Waals surface area contributed by atoms with Crippen LogP contribution in [0.5, 0.6) is 0 Å². The lowest BCUT2D eigenvalue weighted by atomic mass is 10.3. The van der Waals surface area contributed by atoms with E-state index in [-0.39, 0.29) is 6.61 Å². The Balaban J connectivity index is 1.80. The van der Waals surface area contributed by atoms with Crippen molar-refractivity contribution in [2.45, 2.75) is 13.0 Å². The van der Waals surface area contributed by atoms with Gasteiger partial charge in [0.15, 0.2) is 0 Å². The quantitative estimate of drug-likeness (QED) is 0.858. The second kappa shape index (κ2) is 6.35. The third-order valence-electron chi connectivity index (χ3n) is 3.08. The maximum atomic E-state index is 8.93. The van der Waals surface area contributed by atoms with Crippen molar-refractivity contribution in [3.8, 4) is 0 Å². The van der Waals surface area contributed by atoms with E-state index in [1.165, 1.54) is 18.5 Å². The fourth-order valence-corrected chi connectivity index (χ4v) is 2.85. The van der Waals surface area contributed by atoms with E-state index >= 15 is 0 Å². The maximum absolute atomic E-state index is 8.93. The highest BCUT2D eigenvalue weighted by molar-refractivity contribution is 7.07. The number of nitrogens with zero attached hydrogens (tertiary/aromatic N) is 2. The molecule has 16 heavy (non-hydrogen) atoms. The van der Waals surface area contributed by atoms with Crippen molar-refractivity contribution in [3.05, 3.63) is 22.4 Å². The van der Waals surface area contributed by atoms with Crippen molar-refractivity contribution in [3.63, 3.8) is 0 Å². The van der Waals surface area contributed by atoms with E-state index in [2.05, 4.69) is 26.6 Å². The Bertz CT molecular complexity index is 289. The summed E-state index contributed by atoms with van der Waals surface area (Å²) in [5.74, 6) is 0. The smallest absolute Gasteiger partial charge is 0.0558 e. The van der Waals surface area contributed by atoms with Crippen LogP contribution in [0.1, 0.15) is 12.0 Å². The monoisotopic (exact) mass is 240 g/mol. The Morgan fingerprint density at radius 1 is 1.19 bits per heavy atom. The molecule has 0 saturated carbocycles. The fraction of sp³-hybridized carbons (Fsp3) is 0.667. The molecule has 1 aromatic rings.